The number of likely N-dealkylation sites (N-methyl/N-ethyl adjacent to an activating group) is 1. The van der Waals surface area contributed by atoms with Gasteiger partial charge in [0.15, 0.2) is 5.82 Å². The summed E-state index contributed by atoms with van der Waals surface area (Å²) in [5.41, 5.74) is 0.878. The number of carbonyl (C=O) groups excluding carboxylic acids is 2. The molecule has 1 aliphatic heterocycles. The molecule has 2 heterocycles. The van der Waals surface area contributed by atoms with Gasteiger partial charge < -0.3 is 20.3 Å². The summed E-state index contributed by atoms with van der Waals surface area (Å²) >= 11 is 0. The van der Waals surface area contributed by atoms with E-state index in [4.69, 9.17) is 14.4 Å². The summed E-state index contributed by atoms with van der Waals surface area (Å²) in [5, 5.41) is 16.6. The molecule has 0 aliphatic carbocycles. The predicted octanol–water partition coefficient (Wildman–Crippen LogP) is 1.09. The van der Waals surface area contributed by atoms with E-state index >= 15 is 0 Å². The standard InChI is InChI=1S/C20H27N5O3.CH2O2/c1-14(26)22-13-17-9-8-16(25(17)2)12-19(27)21-11-10-18-23-20(28-24-18)15-6-4-3-5-7-15;2-1-3/h3-7,16-17H,8-13H2,1-2H3,(H,21,27)(H,22,26);1H,(H,2,3)/t16-,17+;/m0./s1. The average molecular weight is 431 g/mol. The molecule has 31 heavy (non-hydrogen) atoms. The van der Waals surface area contributed by atoms with Crippen LogP contribution in [0.25, 0.3) is 11.5 Å². The van der Waals surface area contributed by atoms with E-state index in [1.54, 1.807) is 0 Å². The largest absolute Gasteiger partial charge is 0.483 e. The number of likely N-dealkylation sites (tertiary alicyclic amines) is 1. The lowest BCUT2D eigenvalue weighted by Crippen LogP contribution is -2.42. The van der Waals surface area contributed by atoms with E-state index in [-0.39, 0.29) is 30.4 Å². The minimum atomic E-state index is -0.250. The van der Waals surface area contributed by atoms with E-state index in [1.807, 2.05) is 37.4 Å². The average Bonchev–Trinajstić information content (AvgIpc) is 3.35. The van der Waals surface area contributed by atoms with E-state index in [0.29, 0.717) is 37.6 Å². The maximum absolute atomic E-state index is 12.3. The van der Waals surface area contributed by atoms with Crippen LogP contribution in [0.5, 0.6) is 0 Å². The molecule has 1 aromatic heterocycles. The molecular formula is C21H29N5O5. The van der Waals surface area contributed by atoms with Crippen molar-refractivity contribution in [2.45, 2.75) is 44.7 Å². The van der Waals surface area contributed by atoms with Crippen LogP contribution in [0.15, 0.2) is 34.9 Å². The Morgan fingerprint density at radius 1 is 1.23 bits per heavy atom. The lowest BCUT2D eigenvalue weighted by Gasteiger charge is -2.25. The SMILES string of the molecule is CC(=O)NC[C@H]1CC[C@@H](CC(=O)NCCc2noc(-c3ccccc3)n2)N1C.O=CO. The van der Waals surface area contributed by atoms with Crippen molar-refractivity contribution in [1.29, 1.82) is 0 Å². The molecule has 0 unspecified atom stereocenters. The van der Waals surface area contributed by atoms with E-state index in [1.165, 1.54) is 6.92 Å². The van der Waals surface area contributed by atoms with Crippen LogP contribution in [0.4, 0.5) is 0 Å². The molecule has 1 aromatic carbocycles. The van der Waals surface area contributed by atoms with E-state index in [9.17, 15) is 9.59 Å². The number of benzene rings is 1. The van der Waals surface area contributed by atoms with Gasteiger partial charge in [-0.3, -0.25) is 19.3 Å². The Hall–Kier alpha value is -3.27. The molecule has 2 aromatic rings. The second-order valence-corrected chi connectivity index (χ2v) is 7.28. The van der Waals surface area contributed by atoms with Gasteiger partial charge in [-0.05, 0) is 32.0 Å². The van der Waals surface area contributed by atoms with Crippen LogP contribution < -0.4 is 10.6 Å². The van der Waals surface area contributed by atoms with Gasteiger partial charge >= 0.3 is 0 Å². The zero-order valence-corrected chi connectivity index (χ0v) is 17.8. The number of nitrogens with zero attached hydrogens (tertiary/aromatic N) is 3. The van der Waals surface area contributed by atoms with Crippen LogP contribution in [-0.2, 0) is 20.8 Å². The second-order valence-electron chi connectivity index (χ2n) is 7.28. The van der Waals surface area contributed by atoms with Gasteiger partial charge in [0, 0.05) is 50.5 Å². The number of rotatable bonds is 8. The molecule has 1 aliphatic rings. The molecule has 1 saturated heterocycles. The predicted molar refractivity (Wildman–Crippen MR) is 113 cm³/mol. The van der Waals surface area contributed by atoms with Crippen LogP contribution >= 0.6 is 0 Å². The number of aromatic nitrogens is 2. The first-order chi connectivity index (χ1) is 14.9. The van der Waals surface area contributed by atoms with Gasteiger partial charge in [-0.25, -0.2) is 0 Å². The fourth-order valence-corrected chi connectivity index (χ4v) is 3.50. The summed E-state index contributed by atoms with van der Waals surface area (Å²) in [4.78, 5) is 38.3. The van der Waals surface area contributed by atoms with E-state index in [0.717, 1.165) is 18.4 Å². The van der Waals surface area contributed by atoms with Crippen LogP contribution in [0.2, 0.25) is 0 Å². The fourth-order valence-electron chi connectivity index (χ4n) is 3.50. The van der Waals surface area contributed by atoms with Crippen molar-refractivity contribution in [3.63, 3.8) is 0 Å². The Balaban J connectivity index is 0.00000107. The van der Waals surface area contributed by atoms with Gasteiger partial charge in [-0.15, -0.1) is 0 Å². The van der Waals surface area contributed by atoms with Crippen LogP contribution in [0.1, 0.15) is 32.0 Å². The Labute approximate surface area is 181 Å². The van der Waals surface area contributed by atoms with Crippen molar-refractivity contribution in [3.05, 3.63) is 36.2 Å². The molecule has 1 fully saturated rings. The summed E-state index contributed by atoms with van der Waals surface area (Å²) in [6.45, 7) is 2.37. The fraction of sp³-hybridized carbons (Fsp3) is 0.476. The van der Waals surface area contributed by atoms with Crippen LogP contribution in [-0.4, -0.2) is 70.7 Å². The smallest absolute Gasteiger partial charge is 0.290 e. The minimum absolute atomic E-state index is 0.0174. The zero-order chi connectivity index (χ0) is 22.6. The topological polar surface area (TPSA) is 138 Å². The molecule has 0 radical (unpaired) electrons. The van der Waals surface area contributed by atoms with Gasteiger partial charge in [0.2, 0.25) is 11.8 Å². The van der Waals surface area contributed by atoms with Crippen molar-refractivity contribution in [3.8, 4) is 11.5 Å². The number of carbonyl (C=O) groups is 3. The maximum atomic E-state index is 12.3. The highest BCUT2D eigenvalue weighted by Gasteiger charge is 2.31. The van der Waals surface area contributed by atoms with Crippen molar-refractivity contribution in [2.75, 3.05) is 20.1 Å². The first kappa shape index (κ1) is 24.0. The van der Waals surface area contributed by atoms with Gasteiger partial charge in [-0.1, -0.05) is 23.4 Å². The summed E-state index contributed by atoms with van der Waals surface area (Å²) in [6.07, 6.45) is 2.92. The molecule has 3 N–H and O–H groups in total. The minimum Gasteiger partial charge on any atom is -0.483 e. The molecule has 0 spiro atoms. The molecule has 3 rings (SSSR count). The summed E-state index contributed by atoms with van der Waals surface area (Å²) in [7, 11) is 2.02. The molecule has 0 saturated carbocycles. The van der Waals surface area contributed by atoms with E-state index < -0.39 is 0 Å². The highest BCUT2D eigenvalue weighted by molar-refractivity contribution is 5.76. The van der Waals surface area contributed by atoms with Gasteiger partial charge in [0.1, 0.15) is 0 Å². The summed E-state index contributed by atoms with van der Waals surface area (Å²) in [5.74, 6) is 1.06. The third-order valence-electron chi connectivity index (χ3n) is 5.15. The molecule has 10 nitrogen and oxygen atoms in total. The normalized spacial score (nSPS) is 18.0. The van der Waals surface area contributed by atoms with E-state index in [2.05, 4.69) is 25.7 Å². The number of carboxylic acid groups (broad SMARTS) is 1. The Bertz CT molecular complexity index is 842. The molecule has 0 bridgehead atoms. The zero-order valence-electron chi connectivity index (χ0n) is 17.8. The molecular weight excluding hydrogens is 402 g/mol. The van der Waals surface area contributed by atoms with Crippen LogP contribution in [0.3, 0.4) is 0 Å². The summed E-state index contributed by atoms with van der Waals surface area (Å²) in [6, 6.07) is 10.1. The van der Waals surface area contributed by atoms with Gasteiger partial charge in [0.25, 0.3) is 12.4 Å². The molecule has 2 amide bonds. The van der Waals surface area contributed by atoms with Gasteiger partial charge in [0.05, 0.1) is 0 Å². The van der Waals surface area contributed by atoms with Gasteiger partial charge in [-0.2, -0.15) is 4.98 Å². The Kier molecular flexibility index (Phi) is 9.63. The lowest BCUT2D eigenvalue weighted by atomic mass is 10.1. The quantitative estimate of drug-likeness (QED) is 0.528. The highest BCUT2D eigenvalue weighted by Crippen LogP contribution is 2.24. The molecule has 10 heteroatoms. The lowest BCUT2D eigenvalue weighted by molar-refractivity contribution is -0.123. The number of amides is 2. The Morgan fingerprint density at radius 3 is 2.58 bits per heavy atom. The second kappa shape index (κ2) is 12.4. The molecule has 2 atom stereocenters. The third-order valence-corrected chi connectivity index (χ3v) is 5.15. The number of hydrogen-bond donors (Lipinski definition) is 3. The number of hydrogen-bond acceptors (Lipinski definition) is 7. The maximum Gasteiger partial charge on any atom is 0.290 e. The highest BCUT2D eigenvalue weighted by atomic mass is 16.5. The van der Waals surface area contributed by atoms with Crippen molar-refractivity contribution in [2.24, 2.45) is 0 Å². The number of nitrogens with one attached hydrogen (secondary N) is 2. The first-order valence-corrected chi connectivity index (χ1v) is 10.1. The first-order valence-electron chi connectivity index (χ1n) is 10.1. The van der Waals surface area contributed by atoms with Crippen molar-refractivity contribution in [1.82, 2.24) is 25.7 Å². The summed E-state index contributed by atoms with van der Waals surface area (Å²) < 4.78 is 5.27. The molecule has 168 valence electrons. The third kappa shape index (κ3) is 7.82. The van der Waals surface area contributed by atoms with Crippen molar-refractivity contribution >= 4 is 18.3 Å². The van der Waals surface area contributed by atoms with Crippen LogP contribution in [0, 0.1) is 0 Å². The monoisotopic (exact) mass is 431 g/mol. The Morgan fingerprint density at radius 2 is 1.90 bits per heavy atom. The van der Waals surface area contributed by atoms with Crippen molar-refractivity contribution < 1.29 is 24.0 Å².